The fourth-order valence-corrected chi connectivity index (χ4v) is 2.77. The van der Waals surface area contributed by atoms with Crippen LogP contribution in [0, 0.1) is 5.82 Å². The van der Waals surface area contributed by atoms with Gasteiger partial charge in [0.1, 0.15) is 11.0 Å². The van der Waals surface area contributed by atoms with Gasteiger partial charge in [-0.2, -0.15) is 0 Å². The number of rotatable bonds is 5. The molecule has 0 bridgehead atoms. The summed E-state index contributed by atoms with van der Waals surface area (Å²) in [6.45, 7) is 1.91. The predicted octanol–water partition coefficient (Wildman–Crippen LogP) is 5.43. The van der Waals surface area contributed by atoms with Crippen molar-refractivity contribution in [3.63, 3.8) is 0 Å². The van der Waals surface area contributed by atoms with Crippen molar-refractivity contribution in [1.29, 1.82) is 0 Å². The van der Waals surface area contributed by atoms with Crippen molar-refractivity contribution in [1.82, 2.24) is 10.3 Å². The summed E-state index contributed by atoms with van der Waals surface area (Å²) in [5.41, 5.74) is 3.55. The van der Waals surface area contributed by atoms with Crippen LogP contribution in [0.5, 0.6) is 0 Å². The van der Waals surface area contributed by atoms with Gasteiger partial charge in [-0.1, -0.05) is 41.9 Å². The molecule has 27 heavy (non-hydrogen) atoms. The Hall–Kier alpha value is -2.98. The van der Waals surface area contributed by atoms with Crippen molar-refractivity contribution < 1.29 is 9.18 Å². The number of carbonyl (C=O) groups excluding carboxylic acids is 1. The first-order valence-electron chi connectivity index (χ1n) is 8.47. The second kappa shape index (κ2) is 8.60. The van der Waals surface area contributed by atoms with Crippen LogP contribution >= 0.6 is 11.6 Å². The first-order chi connectivity index (χ1) is 13.0. The van der Waals surface area contributed by atoms with E-state index in [1.165, 1.54) is 18.2 Å². The third-order valence-electron chi connectivity index (χ3n) is 4.08. The second-order valence-corrected chi connectivity index (χ2v) is 6.50. The van der Waals surface area contributed by atoms with E-state index in [-0.39, 0.29) is 17.8 Å². The van der Waals surface area contributed by atoms with E-state index in [9.17, 15) is 9.18 Å². The SMILES string of the molecule is CC(NC(=O)/C=C\c1cccc(F)c1)c1cccc(-c2ccc(Cl)nc2)c1. The summed E-state index contributed by atoms with van der Waals surface area (Å²) < 4.78 is 13.2. The van der Waals surface area contributed by atoms with Crippen LogP contribution in [-0.2, 0) is 4.79 Å². The van der Waals surface area contributed by atoms with Gasteiger partial charge in [0.05, 0.1) is 6.04 Å². The molecule has 1 aromatic heterocycles. The number of hydrogen-bond acceptors (Lipinski definition) is 2. The van der Waals surface area contributed by atoms with Crippen molar-refractivity contribution in [2.24, 2.45) is 0 Å². The maximum Gasteiger partial charge on any atom is 0.244 e. The first-order valence-corrected chi connectivity index (χ1v) is 8.85. The predicted molar refractivity (Wildman–Crippen MR) is 107 cm³/mol. The van der Waals surface area contributed by atoms with Gasteiger partial charge in [-0.05, 0) is 60.0 Å². The molecule has 0 aliphatic rings. The Bertz CT molecular complexity index is 970. The van der Waals surface area contributed by atoms with Gasteiger partial charge < -0.3 is 5.32 Å². The first kappa shape index (κ1) is 18.8. The molecule has 0 spiro atoms. The van der Waals surface area contributed by atoms with E-state index in [1.54, 1.807) is 30.5 Å². The summed E-state index contributed by atoms with van der Waals surface area (Å²) in [6.07, 6.45) is 4.70. The molecule has 0 aliphatic heterocycles. The van der Waals surface area contributed by atoms with Crippen LogP contribution in [0.1, 0.15) is 24.1 Å². The number of benzene rings is 2. The van der Waals surface area contributed by atoms with E-state index in [4.69, 9.17) is 11.6 Å². The number of hydrogen-bond donors (Lipinski definition) is 1. The lowest BCUT2D eigenvalue weighted by molar-refractivity contribution is -0.117. The monoisotopic (exact) mass is 380 g/mol. The molecule has 1 amide bonds. The molecule has 3 nitrogen and oxygen atoms in total. The molecule has 5 heteroatoms. The third kappa shape index (κ3) is 5.25. The number of amides is 1. The fraction of sp³-hybridized carbons (Fsp3) is 0.0909. The molecule has 0 aliphatic carbocycles. The van der Waals surface area contributed by atoms with Crippen LogP contribution in [0.4, 0.5) is 4.39 Å². The molecule has 1 N–H and O–H groups in total. The minimum atomic E-state index is -0.334. The number of nitrogens with zero attached hydrogens (tertiary/aromatic N) is 1. The lowest BCUT2D eigenvalue weighted by Crippen LogP contribution is -2.24. The molecule has 3 aromatic rings. The van der Waals surface area contributed by atoms with E-state index in [0.29, 0.717) is 10.7 Å². The molecule has 3 rings (SSSR count). The standard InChI is InChI=1S/C22H18ClFN2O/c1-15(26-22(27)11-8-16-4-2-7-20(24)12-16)17-5-3-6-18(13-17)19-9-10-21(23)25-14-19/h2-15H,1H3,(H,26,27)/b11-8-. The summed E-state index contributed by atoms with van der Waals surface area (Å²) in [5.74, 6) is -0.579. The summed E-state index contributed by atoms with van der Waals surface area (Å²) in [5, 5.41) is 3.36. The maximum absolute atomic E-state index is 13.2. The largest absolute Gasteiger partial charge is 0.346 e. The van der Waals surface area contributed by atoms with Gasteiger partial charge >= 0.3 is 0 Å². The zero-order chi connectivity index (χ0) is 19.2. The van der Waals surface area contributed by atoms with Crippen LogP contribution in [0.25, 0.3) is 17.2 Å². The molecule has 136 valence electrons. The van der Waals surface area contributed by atoms with Gasteiger partial charge in [0.15, 0.2) is 0 Å². The highest BCUT2D eigenvalue weighted by Crippen LogP contribution is 2.23. The summed E-state index contributed by atoms with van der Waals surface area (Å²) in [7, 11) is 0. The van der Waals surface area contributed by atoms with Gasteiger partial charge in [-0.3, -0.25) is 4.79 Å². The summed E-state index contributed by atoms with van der Waals surface area (Å²) in [6, 6.07) is 17.4. The molecular formula is C22H18ClFN2O. The number of nitrogens with one attached hydrogen (secondary N) is 1. The Morgan fingerprint density at radius 2 is 1.93 bits per heavy atom. The lowest BCUT2D eigenvalue weighted by Gasteiger charge is -2.14. The van der Waals surface area contributed by atoms with E-state index in [1.807, 2.05) is 37.3 Å². The molecule has 0 saturated carbocycles. The summed E-state index contributed by atoms with van der Waals surface area (Å²) in [4.78, 5) is 16.3. The third-order valence-corrected chi connectivity index (χ3v) is 4.31. The molecule has 2 aromatic carbocycles. The zero-order valence-corrected chi connectivity index (χ0v) is 15.5. The minimum absolute atomic E-state index is 0.185. The smallest absolute Gasteiger partial charge is 0.244 e. The molecule has 0 saturated heterocycles. The van der Waals surface area contributed by atoms with Crippen LogP contribution in [0.15, 0.2) is 72.9 Å². The van der Waals surface area contributed by atoms with Crippen molar-refractivity contribution in [2.45, 2.75) is 13.0 Å². The van der Waals surface area contributed by atoms with Crippen LogP contribution in [-0.4, -0.2) is 10.9 Å². The van der Waals surface area contributed by atoms with Crippen molar-refractivity contribution in [3.05, 3.63) is 95.0 Å². The number of carbonyl (C=O) groups is 1. The second-order valence-electron chi connectivity index (χ2n) is 6.11. The molecule has 0 radical (unpaired) electrons. The van der Waals surface area contributed by atoms with Crippen LogP contribution in [0.2, 0.25) is 5.15 Å². The average molecular weight is 381 g/mol. The van der Waals surface area contributed by atoms with Gasteiger partial charge in [0, 0.05) is 17.8 Å². The Labute approximate surface area is 162 Å². The highest BCUT2D eigenvalue weighted by atomic mass is 35.5. The quantitative estimate of drug-likeness (QED) is 0.473. The van der Waals surface area contributed by atoms with Crippen molar-refractivity contribution >= 4 is 23.6 Å². The number of aromatic nitrogens is 1. The molecule has 1 unspecified atom stereocenters. The van der Waals surface area contributed by atoms with Gasteiger partial charge in [0.25, 0.3) is 0 Å². The minimum Gasteiger partial charge on any atom is -0.346 e. The fourth-order valence-electron chi connectivity index (χ4n) is 2.66. The number of halogens is 2. The molecule has 1 heterocycles. The van der Waals surface area contributed by atoms with Crippen LogP contribution < -0.4 is 5.32 Å². The Morgan fingerprint density at radius 3 is 2.67 bits per heavy atom. The molecule has 0 fully saturated rings. The maximum atomic E-state index is 13.2. The van der Waals surface area contributed by atoms with E-state index in [0.717, 1.165) is 16.7 Å². The van der Waals surface area contributed by atoms with Crippen LogP contribution in [0.3, 0.4) is 0 Å². The zero-order valence-electron chi connectivity index (χ0n) is 14.7. The highest BCUT2D eigenvalue weighted by molar-refractivity contribution is 6.29. The van der Waals surface area contributed by atoms with Gasteiger partial charge in [-0.15, -0.1) is 0 Å². The van der Waals surface area contributed by atoms with Gasteiger partial charge in [0.2, 0.25) is 5.91 Å². The molecular weight excluding hydrogens is 363 g/mol. The topological polar surface area (TPSA) is 42.0 Å². The van der Waals surface area contributed by atoms with E-state index >= 15 is 0 Å². The Kier molecular flexibility index (Phi) is 5.99. The lowest BCUT2D eigenvalue weighted by atomic mass is 10.0. The van der Waals surface area contributed by atoms with Crippen molar-refractivity contribution in [3.8, 4) is 11.1 Å². The molecule has 1 atom stereocenters. The normalized spacial score (nSPS) is 12.1. The highest BCUT2D eigenvalue weighted by Gasteiger charge is 2.09. The van der Waals surface area contributed by atoms with E-state index in [2.05, 4.69) is 10.3 Å². The summed E-state index contributed by atoms with van der Waals surface area (Å²) >= 11 is 5.83. The van der Waals surface area contributed by atoms with E-state index < -0.39 is 0 Å². The average Bonchev–Trinajstić information content (AvgIpc) is 2.67. The Balaban J connectivity index is 1.68. The van der Waals surface area contributed by atoms with Crippen molar-refractivity contribution in [2.75, 3.05) is 0 Å². The number of pyridine rings is 1. The Morgan fingerprint density at radius 1 is 1.11 bits per heavy atom. The van der Waals surface area contributed by atoms with Gasteiger partial charge in [-0.25, -0.2) is 9.37 Å².